The number of carbonyl (C=O) groups excluding carboxylic acids is 1. The zero-order valence-corrected chi connectivity index (χ0v) is 10.4. The molecule has 0 spiro atoms. The van der Waals surface area contributed by atoms with Gasteiger partial charge in [0.25, 0.3) is 0 Å². The molecule has 0 bridgehead atoms. The number of morpholine rings is 1. The van der Waals surface area contributed by atoms with Crippen molar-refractivity contribution >= 4 is 27.5 Å². The van der Waals surface area contributed by atoms with Crippen molar-refractivity contribution in [3.05, 3.63) is 23.9 Å². The molecule has 86 valence electrons. The molecule has 0 amide bonds. The second-order valence-electron chi connectivity index (χ2n) is 3.56. The predicted molar refractivity (Wildman–Crippen MR) is 65.4 cm³/mol. The average molecular weight is 285 g/mol. The van der Waals surface area contributed by atoms with Crippen LogP contribution in [0.15, 0.2) is 18.3 Å². The number of hydrogen-bond donors (Lipinski definition) is 0. The molecule has 0 unspecified atom stereocenters. The molecule has 0 aromatic carbocycles. The van der Waals surface area contributed by atoms with Crippen molar-refractivity contribution in [2.75, 3.05) is 36.5 Å². The van der Waals surface area contributed by atoms with Crippen molar-refractivity contribution < 1.29 is 9.53 Å². The third-order valence-corrected chi connectivity index (χ3v) is 3.04. The van der Waals surface area contributed by atoms with Gasteiger partial charge >= 0.3 is 0 Å². The first-order chi connectivity index (χ1) is 7.81. The highest BCUT2D eigenvalue weighted by molar-refractivity contribution is 9.09. The van der Waals surface area contributed by atoms with Crippen LogP contribution in [0.4, 0.5) is 5.82 Å². The number of pyridine rings is 1. The molecular weight excluding hydrogens is 272 g/mol. The van der Waals surface area contributed by atoms with Gasteiger partial charge < -0.3 is 9.64 Å². The summed E-state index contributed by atoms with van der Waals surface area (Å²) < 4.78 is 5.27. The van der Waals surface area contributed by atoms with Gasteiger partial charge in [-0.1, -0.05) is 15.9 Å². The number of halogens is 1. The zero-order valence-electron chi connectivity index (χ0n) is 8.86. The van der Waals surface area contributed by atoms with Gasteiger partial charge in [-0.15, -0.1) is 0 Å². The molecule has 1 fully saturated rings. The molecule has 0 N–H and O–H groups in total. The first-order valence-corrected chi connectivity index (χ1v) is 6.31. The smallest absolute Gasteiger partial charge is 0.174 e. The molecule has 2 heterocycles. The zero-order chi connectivity index (χ0) is 11.4. The lowest BCUT2D eigenvalue weighted by Gasteiger charge is -2.27. The Balaban J connectivity index is 2.09. The van der Waals surface area contributed by atoms with Crippen LogP contribution >= 0.6 is 15.9 Å². The number of hydrogen-bond acceptors (Lipinski definition) is 4. The van der Waals surface area contributed by atoms with Gasteiger partial charge in [-0.25, -0.2) is 4.98 Å². The Labute approximate surface area is 103 Å². The van der Waals surface area contributed by atoms with E-state index in [1.807, 2.05) is 12.1 Å². The van der Waals surface area contributed by atoms with Crippen LogP contribution in [0, 0.1) is 0 Å². The number of ether oxygens (including phenoxy) is 1. The van der Waals surface area contributed by atoms with Gasteiger partial charge in [0.05, 0.1) is 18.5 Å². The summed E-state index contributed by atoms with van der Waals surface area (Å²) in [5.74, 6) is 0.968. The summed E-state index contributed by atoms with van der Waals surface area (Å²) in [5, 5.41) is 0.339. The second-order valence-corrected chi connectivity index (χ2v) is 4.12. The van der Waals surface area contributed by atoms with Gasteiger partial charge in [-0.2, -0.15) is 0 Å². The van der Waals surface area contributed by atoms with Crippen LogP contribution in [-0.2, 0) is 4.74 Å². The first kappa shape index (κ1) is 11.5. The maximum absolute atomic E-state index is 11.4. The van der Waals surface area contributed by atoms with Crippen molar-refractivity contribution in [2.45, 2.75) is 0 Å². The van der Waals surface area contributed by atoms with E-state index in [-0.39, 0.29) is 5.78 Å². The molecule has 1 aromatic rings. The Kier molecular flexibility index (Phi) is 3.90. The molecule has 0 aliphatic carbocycles. The average Bonchev–Trinajstić information content (AvgIpc) is 2.39. The maximum Gasteiger partial charge on any atom is 0.174 e. The monoisotopic (exact) mass is 284 g/mol. The molecular formula is C11H13BrN2O2. The Hall–Kier alpha value is -0.940. The number of alkyl halides is 1. The first-order valence-electron chi connectivity index (χ1n) is 5.19. The Morgan fingerprint density at radius 2 is 2.19 bits per heavy atom. The number of carbonyl (C=O) groups is 1. The molecule has 1 aromatic heterocycles. The highest BCUT2D eigenvalue weighted by Crippen LogP contribution is 2.13. The SMILES string of the molecule is O=C(CBr)c1ccc(N2CCOCC2)nc1. The summed E-state index contributed by atoms with van der Waals surface area (Å²) in [6.07, 6.45) is 1.63. The molecule has 0 saturated carbocycles. The van der Waals surface area contributed by atoms with Gasteiger partial charge in [0.1, 0.15) is 5.82 Å². The van der Waals surface area contributed by atoms with Crippen LogP contribution in [-0.4, -0.2) is 42.4 Å². The van der Waals surface area contributed by atoms with E-state index in [0.29, 0.717) is 10.9 Å². The van der Waals surface area contributed by atoms with Crippen molar-refractivity contribution in [3.63, 3.8) is 0 Å². The molecule has 0 radical (unpaired) electrons. The fourth-order valence-corrected chi connectivity index (χ4v) is 1.93. The number of ketones is 1. The quantitative estimate of drug-likeness (QED) is 0.623. The molecule has 1 aliphatic heterocycles. The molecule has 5 heteroatoms. The van der Waals surface area contributed by atoms with Crippen molar-refractivity contribution in [2.24, 2.45) is 0 Å². The normalized spacial score (nSPS) is 16.2. The predicted octanol–water partition coefficient (Wildman–Crippen LogP) is 1.50. The standard InChI is InChI=1S/C11H13BrN2O2/c12-7-10(15)9-1-2-11(13-8-9)14-3-5-16-6-4-14/h1-2,8H,3-7H2. The number of aromatic nitrogens is 1. The Morgan fingerprint density at radius 1 is 1.44 bits per heavy atom. The number of Topliss-reactive ketones (excluding diaryl/α,β-unsaturated/α-hetero) is 1. The molecule has 4 nitrogen and oxygen atoms in total. The summed E-state index contributed by atoms with van der Waals surface area (Å²) in [6, 6.07) is 3.71. The minimum atomic E-state index is 0.0565. The largest absolute Gasteiger partial charge is 0.378 e. The van der Waals surface area contributed by atoms with Crippen LogP contribution in [0.2, 0.25) is 0 Å². The Bertz CT molecular complexity index is 361. The van der Waals surface area contributed by atoms with Crippen LogP contribution in [0.25, 0.3) is 0 Å². The highest BCUT2D eigenvalue weighted by atomic mass is 79.9. The lowest BCUT2D eigenvalue weighted by molar-refractivity contribution is 0.102. The van der Waals surface area contributed by atoms with Gasteiger partial charge in [0.15, 0.2) is 5.78 Å². The molecule has 1 saturated heterocycles. The lowest BCUT2D eigenvalue weighted by atomic mass is 10.2. The molecule has 0 atom stereocenters. The van der Waals surface area contributed by atoms with Crippen LogP contribution in [0.5, 0.6) is 0 Å². The topological polar surface area (TPSA) is 42.4 Å². The number of anilines is 1. The van der Waals surface area contributed by atoms with E-state index in [0.717, 1.165) is 32.1 Å². The van der Waals surface area contributed by atoms with E-state index < -0.39 is 0 Å². The molecule has 2 rings (SSSR count). The summed E-state index contributed by atoms with van der Waals surface area (Å²) in [6.45, 7) is 3.20. The maximum atomic E-state index is 11.4. The third-order valence-electron chi connectivity index (χ3n) is 2.53. The number of nitrogens with zero attached hydrogens (tertiary/aromatic N) is 2. The van der Waals surface area contributed by atoms with Crippen molar-refractivity contribution in [1.82, 2.24) is 4.98 Å². The van der Waals surface area contributed by atoms with Gasteiger partial charge in [-0.3, -0.25) is 4.79 Å². The van der Waals surface area contributed by atoms with E-state index >= 15 is 0 Å². The molecule has 1 aliphatic rings. The van der Waals surface area contributed by atoms with E-state index in [9.17, 15) is 4.79 Å². The summed E-state index contributed by atoms with van der Waals surface area (Å²) in [4.78, 5) is 17.8. The minimum Gasteiger partial charge on any atom is -0.378 e. The Morgan fingerprint density at radius 3 is 2.75 bits per heavy atom. The summed E-state index contributed by atoms with van der Waals surface area (Å²) >= 11 is 3.14. The van der Waals surface area contributed by atoms with Gasteiger partial charge in [0.2, 0.25) is 0 Å². The second kappa shape index (κ2) is 5.41. The fourth-order valence-electron chi connectivity index (χ4n) is 1.61. The van der Waals surface area contributed by atoms with Gasteiger partial charge in [-0.05, 0) is 12.1 Å². The minimum absolute atomic E-state index is 0.0565. The lowest BCUT2D eigenvalue weighted by Crippen LogP contribution is -2.36. The van der Waals surface area contributed by atoms with E-state index in [1.165, 1.54) is 0 Å². The highest BCUT2D eigenvalue weighted by Gasteiger charge is 2.12. The van der Waals surface area contributed by atoms with E-state index in [4.69, 9.17) is 4.74 Å². The van der Waals surface area contributed by atoms with Crippen molar-refractivity contribution in [1.29, 1.82) is 0 Å². The fraction of sp³-hybridized carbons (Fsp3) is 0.455. The van der Waals surface area contributed by atoms with E-state index in [2.05, 4.69) is 25.8 Å². The van der Waals surface area contributed by atoms with E-state index in [1.54, 1.807) is 6.20 Å². The summed E-state index contributed by atoms with van der Waals surface area (Å²) in [5.41, 5.74) is 0.647. The van der Waals surface area contributed by atoms with Crippen molar-refractivity contribution in [3.8, 4) is 0 Å². The number of rotatable bonds is 3. The van der Waals surface area contributed by atoms with Crippen LogP contribution in [0.1, 0.15) is 10.4 Å². The van der Waals surface area contributed by atoms with Gasteiger partial charge in [0, 0.05) is 24.8 Å². The van der Waals surface area contributed by atoms with Crippen LogP contribution < -0.4 is 4.90 Å². The molecule has 16 heavy (non-hydrogen) atoms. The van der Waals surface area contributed by atoms with Crippen LogP contribution in [0.3, 0.4) is 0 Å². The summed E-state index contributed by atoms with van der Waals surface area (Å²) in [7, 11) is 0. The third kappa shape index (κ3) is 2.59.